The molecule has 0 aliphatic carbocycles. The van der Waals surface area contributed by atoms with Crippen molar-refractivity contribution in [3.63, 3.8) is 0 Å². The molecular weight excluding hydrogens is 270 g/mol. The normalized spacial score (nSPS) is 20.1. The molecule has 0 spiro atoms. The fourth-order valence-electron chi connectivity index (χ4n) is 2.13. The molecule has 1 amide bonds. The van der Waals surface area contributed by atoms with Crippen LogP contribution in [0.4, 0.5) is 0 Å². The maximum Gasteiger partial charge on any atom is 0.328 e. The minimum Gasteiger partial charge on any atom is -0.464 e. The van der Waals surface area contributed by atoms with Crippen molar-refractivity contribution in [2.24, 2.45) is 0 Å². The van der Waals surface area contributed by atoms with Gasteiger partial charge in [0, 0.05) is 19.2 Å². The number of sulfone groups is 1. The number of ether oxygens (including phenoxy) is 1. The van der Waals surface area contributed by atoms with E-state index in [-0.39, 0.29) is 24.7 Å². The topological polar surface area (TPSA) is 80.8 Å². The summed E-state index contributed by atoms with van der Waals surface area (Å²) in [6.45, 7) is 2.49. The highest BCUT2D eigenvalue weighted by molar-refractivity contribution is 7.90. The Balaban J connectivity index is 2.65. The average molecular weight is 291 g/mol. The molecule has 1 fully saturated rings. The van der Waals surface area contributed by atoms with Gasteiger partial charge in [-0.05, 0) is 26.2 Å². The lowest BCUT2D eigenvalue weighted by molar-refractivity contribution is -0.156. The standard InChI is InChI=1S/C12H21NO5S/c1-3-18-12(15)10-6-4-5-8-13(10)11(14)7-9-19(2,16)17/h10H,3-9H2,1-2H3. The van der Waals surface area contributed by atoms with Gasteiger partial charge in [-0.25, -0.2) is 13.2 Å². The van der Waals surface area contributed by atoms with Gasteiger partial charge in [0.1, 0.15) is 15.9 Å². The molecule has 6 nitrogen and oxygen atoms in total. The molecule has 0 N–H and O–H groups in total. The van der Waals surface area contributed by atoms with Crippen LogP contribution < -0.4 is 0 Å². The Morgan fingerprint density at radius 1 is 1.32 bits per heavy atom. The third-order valence-electron chi connectivity index (χ3n) is 3.07. The molecule has 0 aromatic carbocycles. The molecule has 110 valence electrons. The predicted molar refractivity (Wildman–Crippen MR) is 70.3 cm³/mol. The van der Waals surface area contributed by atoms with Gasteiger partial charge in [0.15, 0.2) is 0 Å². The highest BCUT2D eigenvalue weighted by atomic mass is 32.2. The van der Waals surface area contributed by atoms with Crippen molar-refractivity contribution in [3.8, 4) is 0 Å². The van der Waals surface area contributed by atoms with E-state index in [9.17, 15) is 18.0 Å². The van der Waals surface area contributed by atoms with Crippen LogP contribution in [0.25, 0.3) is 0 Å². The minimum absolute atomic E-state index is 0.0747. The summed E-state index contributed by atoms with van der Waals surface area (Å²) in [5, 5.41) is 0. The van der Waals surface area contributed by atoms with Crippen LogP contribution in [0.1, 0.15) is 32.6 Å². The number of carbonyl (C=O) groups is 2. The summed E-state index contributed by atoms with van der Waals surface area (Å²) in [4.78, 5) is 25.3. The summed E-state index contributed by atoms with van der Waals surface area (Å²) in [5.74, 6) is -0.865. The van der Waals surface area contributed by atoms with Crippen LogP contribution in [0.15, 0.2) is 0 Å². The van der Waals surface area contributed by atoms with Crippen molar-refractivity contribution in [3.05, 3.63) is 0 Å². The van der Waals surface area contributed by atoms with E-state index in [2.05, 4.69) is 0 Å². The second kappa shape index (κ2) is 6.88. The van der Waals surface area contributed by atoms with Crippen molar-refractivity contribution >= 4 is 21.7 Å². The van der Waals surface area contributed by atoms with E-state index in [1.807, 2.05) is 0 Å². The molecule has 0 aromatic rings. The molecule has 1 aliphatic rings. The highest BCUT2D eigenvalue weighted by Gasteiger charge is 2.33. The molecule has 1 saturated heterocycles. The number of esters is 1. The van der Waals surface area contributed by atoms with Gasteiger partial charge in [-0.3, -0.25) is 4.79 Å². The van der Waals surface area contributed by atoms with E-state index in [4.69, 9.17) is 4.74 Å². The van der Waals surface area contributed by atoms with E-state index in [1.54, 1.807) is 6.92 Å². The Morgan fingerprint density at radius 2 is 2.00 bits per heavy atom. The fraction of sp³-hybridized carbons (Fsp3) is 0.833. The fourth-order valence-corrected chi connectivity index (χ4v) is 2.68. The molecule has 1 unspecified atom stereocenters. The molecule has 0 saturated carbocycles. The highest BCUT2D eigenvalue weighted by Crippen LogP contribution is 2.19. The molecule has 1 aliphatic heterocycles. The Hall–Kier alpha value is -1.11. The van der Waals surface area contributed by atoms with Crippen LogP contribution in [0.2, 0.25) is 0 Å². The van der Waals surface area contributed by atoms with Crippen LogP contribution in [0, 0.1) is 0 Å². The van der Waals surface area contributed by atoms with Crippen molar-refractivity contribution in [1.29, 1.82) is 0 Å². The number of piperidine rings is 1. The van der Waals surface area contributed by atoms with Crippen LogP contribution in [0.5, 0.6) is 0 Å². The van der Waals surface area contributed by atoms with Crippen molar-refractivity contribution in [1.82, 2.24) is 4.90 Å². The van der Waals surface area contributed by atoms with Crippen LogP contribution >= 0.6 is 0 Å². The van der Waals surface area contributed by atoms with Gasteiger partial charge in [-0.1, -0.05) is 0 Å². The van der Waals surface area contributed by atoms with Crippen molar-refractivity contribution < 1.29 is 22.7 Å². The van der Waals surface area contributed by atoms with Gasteiger partial charge < -0.3 is 9.64 Å². The number of carbonyl (C=O) groups excluding carboxylic acids is 2. The maximum absolute atomic E-state index is 12.0. The Labute approximate surface area is 114 Å². The summed E-state index contributed by atoms with van der Waals surface area (Å²) in [7, 11) is -3.17. The first-order valence-electron chi connectivity index (χ1n) is 6.49. The first-order valence-corrected chi connectivity index (χ1v) is 8.55. The third kappa shape index (κ3) is 5.18. The quantitative estimate of drug-likeness (QED) is 0.683. The zero-order chi connectivity index (χ0) is 14.5. The van der Waals surface area contributed by atoms with Crippen LogP contribution in [-0.2, 0) is 24.2 Å². The second-order valence-electron chi connectivity index (χ2n) is 4.73. The van der Waals surface area contributed by atoms with Crippen LogP contribution in [-0.4, -0.2) is 56.4 Å². The van der Waals surface area contributed by atoms with Crippen molar-refractivity contribution in [2.45, 2.75) is 38.6 Å². The van der Waals surface area contributed by atoms with E-state index in [0.717, 1.165) is 19.1 Å². The number of hydrogen-bond acceptors (Lipinski definition) is 5. The van der Waals surface area contributed by atoms with Gasteiger partial charge in [0.05, 0.1) is 12.4 Å². The first kappa shape index (κ1) is 15.9. The molecule has 19 heavy (non-hydrogen) atoms. The molecule has 0 bridgehead atoms. The van der Waals surface area contributed by atoms with Gasteiger partial charge in [0.2, 0.25) is 5.91 Å². The monoisotopic (exact) mass is 291 g/mol. The lowest BCUT2D eigenvalue weighted by Crippen LogP contribution is -2.49. The van der Waals surface area contributed by atoms with Gasteiger partial charge >= 0.3 is 5.97 Å². The lowest BCUT2D eigenvalue weighted by Gasteiger charge is -2.34. The number of amides is 1. The Morgan fingerprint density at radius 3 is 2.58 bits per heavy atom. The van der Waals surface area contributed by atoms with Gasteiger partial charge in [-0.2, -0.15) is 0 Å². The molecule has 7 heteroatoms. The number of rotatable bonds is 5. The Kier molecular flexibility index (Phi) is 5.78. The number of nitrogens with zero attached hydrogens (tertiary/aromatic N) is 1. The third-order valence-corrected chi connectivity index (χ3v) is 4.01. The Bertz CT molecular complexity index is 431. The number of hydrogen-bond donors (Lipinski definition) is 0. The van der Waals surface area contributed by atoms with Gasteiger partial charge in [-0.15, -0.1) is 0 Å². The molecular formula is C12H21NO5S. The summed E-state index contributed by atoms with van der Waals surface area (Å²) in [5.41, 5.74) is 0. The van der Waals surface area contributed by atoms with E-state index in [0.29, 0.717) is 13.0 Å². The summed E-state index contributed by atoms with van der Waals surface area (Å²) >= 11 is 0. The molecule has 1 rings (SSSR count). The lowest BCUT2D eigenvalue weighted by atomic mass is 10.0. The van der Waals surface area contributed by atoms with E-state index in [1.165, 1.54) is 4.90 Å². The first-order chi connectivity index (χ1) is 8.85. The summed E-state index contributed by atoms with van der Waals surface area (Å²) in [6.07, 6.45) is 3.32. The van der Waals surface area contributed by atoms with Crippen LogP contribution in [0.3, 0.4) is 0 Å². The van der Waals surface area contributed by atoms with Gasteiger partial charge in [0.25, 0.3) is 0 Å². The molecule has 0 aromatic heterocycles. The molecule has 0 radical (unpaired) electrons. The largest absolute Gasteiger partial charge is 0.464 e. The SMILES string of the molecule is CCOC(=O)C1CCCCN1C(=O)CCS(C)(=O)=O. The predicted octanol–water partition coefficient (Wildman–Crippen LogP) is 0.365. The zero-order valence-electron chi connectivity index (χ0n) is 11.4. The maximum atomic E-state index is 12.0. The average Bonchev–Trinajstić information content (AvgIpc) is 2.35. The molecule has 1 heterocycles. The summed E-state index contributed by atoms with van der Waals surface area (Å²) in [6, 6.07) is -0.555. The van der Waals surface area contributed by atoms with E-state index >= 15 is 0 Å². The van der Waals surface area contributed by atoms with Crippen molar-refractivity contribution in [2.75, 3.05) is 25.2 Å². The summed E-state index contributed by atoms with van der Waals surface area (Å²) < 4.78 is 27.1. The second-order valence-corrected chi connectivity index (χ2v) is 6.99. The molecule has 1 atom stereocenters. The van der Waals surface area contributed by atoms with E-state index < -0.39 is 21.8 Å². The zero-order valence-corrected chi connectivity index (χ0v) is 12.2. The smallest absolute Gasteiger partial charge is 0.328 e. The minimum atomic E-state index is -3.17. The number of likely N-dealkylation sites (tertiary alicyclic amines) is 1.